The van der Waals surface area contributed by atoms with Crippen LogP contribution in [0.15, 0.2) is 30.5 Å². The molecule has 0 amide bonds. The minimum atomic E-state index is 0.0590. The Morgan fingerprint density at radius 1 is 1.33 bits per heavy atom. The topological polar surface area (TPSA) is 42.7 Å². The predicted octanol–water partition coefficient (Wildman–Crippen LogP) is 2.81. The maximum absolute atomic E-state index is 5.99. The molecule has 4 nitrogen and oxygen atoms in total. The molecule has 1 aromatic heterocycles. The van der Waals surface area contributed by atoms with Gasteiger partial charge in [0.15, 0.2) is 0 Å². The number of halogens is 1. The molecule has 0 radical (unpaired) electrons. The summed E-state index contributed by atoms with van der Waals surface area (Å²) in [6.07, 6.45) is 1.76. The molecule has 0 spiro atoms. The van der Waals surface area contributed by atoms with Crippen molar-refractivity contribution < 1.29 is 0 Å². The van der Waals surface area contributed by atoms with Crippen LogP contribution in [0.4, 0.5) is 0 Å². The van der Waals surface area contributed by atoms with Crippen LogP contribution in [0.3, 0.4) is 0 Å². The molecule has 1 heterocycles. The van der Waals surface area contributed by atoms with Crippen molar-refractivity contribution in [3.63, 3.8) is 0 Å². The highest BCUT2D eigenvalue weighted by Gasteiger charge is 2.12. The number of rotatable bonds is 3. The van der Waals surface area contributed by atoms with E-state index in [0.29, 0.717) is 11.6 Å². The Balaban J connectivity index is 2.23. The normalized spacial score (nSPS) is 11.8. The predicted molar refractivity (Wildman–Crippen MR) is 73.0 cm³/mol. The third kappa shape index (κ3) is 3.31. The van der Waals surface area contributed by atoms with Gasteiger partial charge in [0.05, 0.1) is 17.6 Å². The van der Waals surface area contributed by atoms with Crippen molar-refractivity contribution in [3.8, 4) is 5.69 Å². The third-order valence-corrected chi connectivity index (χ3v) is 2.71. The Kier molecular flexibility index (Phi) is 3.68. The molecule has 0 fully saturated rings. The van der Waals surface area contributed by atoms with E-state index in [0.717, 1.165) is 11.4 Å². The summed E-state index contributed by atoms with van der Waals surface area (Å²) >= 11 is 5.99. The minimum Gasteiger partial charge on any atom is -0.306 e. The lowest BCUT2D eigenvalue weighted by Gasteiger charge is -2.20. The highest BCUT2D eigenvalue weighted by atomic mass is 35.5. The van der Waals surface area contributed by atoms with Crippen LogP contribution in [-0.4, -0.2) is 20.5 Å². The van der Waals surface area contributed by atoms with Crippen LogP contribution in [0, 0.1) is 0 Å². The van der Waals surface area contributed by atoms with Crippen molar-refractivity contribution in [1.29, 1.82) is 0 Å². The van der Waals surface area contributed by atoms with Gasteiger partial charge in [-0.2, -0.15) is 0 Å². The van der Waals surface area contributed by atoms with Crippen molar-refractivity contribution in [2.24, 2.45) is 0 Å². The first kappa shape index (κ1) is 13.1. The van der Waals surface area contributed by atoms with Crippen LogP contribution in [0.1, 0.15) is 26.5 Å². The van der Waals surface area contributed by atoms with Gasteiger partial charge in [-0.05, 0) is 39.0 Å². The fourth-order valence-electron chi connectivity index (χ4n) is 1.56. The Bertz CT molecular complexity index is 528. The average molecular weight is 265 g/mol. The smallest absolute Gasteiger partial charge is 0.0783 e. The number of nitrogens with one attached hydrogen (secondary N) is 1. The molecule has 0 aliphatic rings. The first-order chi connectivity index (χ1) is 8.46. The summed E-state index contributed by atoms with van der Waals surface area (Å²) in [5.74, 6) is 0. The van der Waals surface area contributed by atoms with Gasteiger partial charge in [-0.1, -0.05) is 22.9 Å². The molecule has 0 unspecified atom stereocenters. The summed E-state index contributed by atoms with van der Waals surface area (Å²) in [7, 11) is 0. The number of benzene rings is 1. The first-order valence-electron chi connectivity index (χ1n) is 5.86. The van der Waals surface area contributed by atoms with E-state index in [9.17, 15) is 0 Å². The van der Waals surface area contributed by atoms with Crippen molar-refractivity contribution in [2.75, 3.05) is 0 Å². The van der Waals surface area contributed by atoms with Crippen LogP contribution in [0.25, 0.3) is 5.69 Å². The Morgan fingerprint density at radius 3 is 2.78 bits per heavy atom. The zero-order valence-electron chi connectivity index (χ0n) is 10.8. The van der Waals surface area contributed by atoms with Crippen LogP contribution in [-0.2, 0) is 6.54 Å². The first-order valence-corrected chi connectivity index (χ1v) is 6.24. The molecule has 2 aromatic rings. The molecule has 2 rings (SSSR count). The molecule has 1 aromatic carbocycles. The summed E-state index contributed by atoms with van der Waals surface area (Å²) in [6, 6.07) is 7.58. The summed E-state index contributed by atoms with van der Waals surface area (Å²) in [5.41, 5.74) is 1.99. The number of hydrogen-bond donors (Lipinski definition) is 1. The van der Waals surface area contributed by atoms with Crippen molar-refractivity contribution in [2.45, 2.75) is 32.9 Å². The number of hydrogen-bond acceptors (Lipinski definition) is 3. The Hall–Kier alpha value is -1.39. The van der Waals surface area contributed by atoms with E-state index in [1.165, 1.54) is 0 Å². The van der Waals surface area contributed by atoms with Gasteiger partial charge in [0.2, 0.25) is 0 Å². The standard InChI is InChI=1S/C13H17ClN4/c1-13(2,3)15-8-12-9-16-17-18(12)11-6-4-5-10(14)7-11/h4-7,9,15H,8H2,1-3H3. The number of aromatic nitrogens is 3. The van der Waals surface area contributed by atoms with E-state index in [2.05, 4.69) is 36.4 Å². The monoisotopic (exact) mass is 264 g/mol. The molecular formula is C13H17ClN4. The minimum absolute atomic E-state index is 0.0590. The van der Waals surface area contributed by atoms with E-state index in [1.807, 2.05) is 24.3 Å². The fraction of sp³-hybridized carbons (Fsp3) is 0.385. The second kappa shape index (κ2) is 5.08. The lowest BCUT2D eigenvalue weighted by atomic mass is 10.1. The van der Waals surface area contributed by atoms with Crippen LogP contribution in [0.5, 0.6) is 0 Å². The highest BCUT2D eigenvalue weighted by Crippen LogP contribution is 2.15. The van der Waals surface area contributed by atoms with E-state index in [1.54, 1.807) is 10.9 Å². The van der Waals surface area contributed by atoms with Crippen LogP contribution < -0.4 is 5.32 Å². The van der Waals surface area contributed by atoms with Crippen molar-refractivity contribution in [3.05, 3.63) is 41.2 Å². The molecular weight excluding hydrogens is 248 g/mol. The summed E-state index contributed by atoms with van der Waals surface area (Å²) in [5, 5.41) is 12.2. The molecule has 5 heteroatoms. The second-order valence-electron chi connectivity index (χ2n) is 5.22. The molecule has 0 aliphatic heterocycles. The molecule has 0 aliphatic carbocycles. The lowest BCUT2D eigenvalue weighted by Crippen LogP contribution is -2.35. The average Bonchev–Trinajstić information content (AvgIpc) is 2.73. The summed E-state index contributed by atoms with van der Waals surface area (Å²) in [4.78, 5) is 0. The van der Waals surface area contributed by atoms with Gasteiger partial charge in [-0.3, -0.25) is 0 Å². The van der Waals surface area contributed by atoms with E-state index in [-0.39, 0.29) is 5.54 Å². The van der Waals surface area contributed by atoms with Gasteiger partial charge >= 0.3 is 0 Å². The van der Waals surface area contributed by atoms with E-state index in [4.69, 9.17) is 11.6 Å². The van der Waals surface area contributed by atoms with Gasteiger partial charge in [-0.15, -0.1) is 5.10 Å². The van der Waals surface area contributed by atoms with E-state index >= 15 is 0 Å². The summed E-state index contributed by atoms with van der Waals surface area (Å²) in [6.45, 7) is 7.09. The lowest BCUT2D eigenvalue weighted by molar-refractivity contribution is 0.418. The van der Waals surface area contributed by atoms with Gasteiger partial charge in [0, 0.05) is 17.1 Å². The maximum atomic E-state index is 5.99. The maximum Gasteiger partial charge on any atom is 0.0783 e. The zero-order chi connectivity index (χ0) is 13.2. The Labute approximate surface area is 112 Å². The van der Waals surface area contributed by atoms with Crippen molar-refractivity contribution >= 4 is 11.6 Å². The fourth-order valence-corrected chi connectivity index (χ4v) is 1.74. The highest BCUT2D eigenvalue weighted by molar-refractivity contribution is 6.30. The second-order valence-corrected chi connectivity index (χ2v) is 5.66. The SMILES string of the molecule is CC(C)(C)NCc1cnnn1-c1cccc(Cl)c1. The molecule has 1 N–H and O–H groups in total. The van der Waals surface area contributed by atoms with Gasteiger partial charge < -0.3 is 5.32 Å². The molecule has 96 valence electrons. The molecule has 18 heavy (non-hydrogen) atoms. The molecule has 0 saturated carbocycles. The quantitative estimate of drug-likeness (QED) is 0.927. The molecule has 0 atom stereocenters. The van der Waals surface area contributed by atoms with Gasteiger partial charge in [0.1, 0.15) is 0 Å². The number of nitrogens with zero attached hydrogens (tertiary/aromatic N) is 3. The molecule has 0 saturated heterocycles. The van der Waals surface area contributed by atoms with Crippen molar-refractivity contribution in [1.82, 2.24) is 20.3 Å². The van der Waals surface area contributed by atoms with Gasteiger partial charge in [0.25, 0.3) is 0 Å². The Morgan fingerprint density at radius 2 is 2.11 bits per heavy atom. The summed E-state index contributed by atoms with van der Waals surface area (Å²) < 4.78 is 1.80. The van der Waals surface area contributed by atoms with Crippen LogP contribution in [0.2, 0.25) is 5.02 Å². The largest absolute Gasteiger partial charge is 0.306 e. The zero-order valence-corrected chi connectivity index (χ0v) is 11.6. The van der Waals surface area contributed by atoms with E-state index < -0.39 is 0 Å². The molecule has 0 bridgehead atoms. The third-order valence-electron chi connectivity index (χ3n) is 2.47. The van der Waals surface area contributed by atoms with Gasteiger partial charge in [-0.25, -0.2) is 4.68 Å². The van der Waals surface area contributed by atoms with Crippen LogP contribution >= 0.6 is 11.6 Å².